The summed E-state index contributed by atoms with van der Waals surface area (Å²) in [7, 11) is 0. The molecule has 0 saturated heterocycles. The monoisotopic (exact) mass is 338 g/mol. The maximum atomic E-state index is 8.51. The fraction of sp³-hybridized carbons (Fsp3) is 0.562. The Bertz CT molecular complexity index is 441. The Morgan fingerprint density at radius 3 is 2.85 bits per heavy atom. The Kier molecular flexibility index (Phi) is 8.32. The Balaban J connectivity index is 2.52. The summed E-state index contributed by atoms with van der Waals surface area (Å²) in [6.45, 7) is 6.85. The van der Waals surface area contributed by atoms with Gasteiger partial charge in [0, 0.05) is 18.5 Å². The Labute approximate surface area is 130 Å². The number of nitrogens with zero attached hydrogens (tertiary/aromatic N) is 1. The molecule has 1 aromatic rings. The second kappa shape index (κ2) is 9.79. The van der Waals surface area contributed by atoms with E-state index < -0.39 is 0 Å². The average molecular weight is 339 g/mol. The van der Waals surface area contributed by atoms with Crippen LogP contribution in [-0.2, 0) is 6.54 Å². The van der Waals surface area contributed by atoms with Crippen molar-refractivity contribution in [1.82, 2.24) is 5.32 Å². The molecule has 0 fully saturated rings. The van der Waals surface area contributed by atoms with E-state index in [0.29, 0.717) is 18.9 Å². The minimum absolute atomic E-state index is 0.599. The van der Waals surface area contributed by atoms with Crippen LogP contribution in [0, 0.1) is 17.2 Å². The van der Waals surface area contributed by atoms with Gasteiger partial charge in [-0.05, 0) is 47.3 Å². The van der Waals surface area contributed by atoms with Gasteiger partial charge in [-0.15, -0.1) is 0 Å². The van der Waals surface area contributed by atoms with Gasteiger partial charge in [-0.25, -0.2) is 0 Å². The molecular formula is C16H23BrN2O. The van der Waals surface area contributed by atoms with Crippen molar-refractivity contribution >= 4 is 15.9 Å². The van der Waals surface area contributed by atoms with E-state index in [4.69, 9.17) is 10.00 Å². The summed E-state index contributed by atoms with van der Waals surface area (Å²) in [6.07, 6.45) is 2.40. The average Bonchev–Trinajstić information content (AvgIpc) is 2.40. The first-order valence-electron chi connectivity index (χ1n) is 7.13. The van der Waals surface area contributed by atoms with E-state index in [0.717, 1.165) is 36.2 Å². The van der Waals surface area contributed by atoms with Crippen molar-refractivity contribution in [3.8, 4) is 11.8 Å². The summed E-state index contributed by atoms with van der Waals surface area (Å²) in [6, 6.07) is 8.26. The van der Waals surface area contributed by atoms with Crippen LogP contribution in [0.1, 0.15) is 38.7 Å². The van der Waals surface area contributed by atoms with Crippen LogP contribution < -0.4 is 10.1 Å². The van der Waals surface area contributed by atoms with Gasteiger partial charge in [0.05, 0.1) is 17.1 Å². The van der Waals surface area contributed by atoms with Crippen LogP contribution in [0.3, 0.4) is 0 Å². The van der Waals surface area contributed by atoms with Crippen LogP contribution in [0.15, 0.2) is 22.7 Å². The molecule has 0 saturated carbocycles. The molecule has 3 nitrogen and oxygen atoms in total. The zero-order valence-corrected chi connectivity index (χ0v) is 13.9. The lowest BCUT2D eigenvalue weighted by Crippen LogP contribution is -2.19. The second-order valence-corrected chi connectivity index (χ2v) is 6.07. The molecule has 0 bridgehead atoms. The van der Waals surface area contributed by atoms with Gasteiger partial charge in [-0.3, -0.25) is 0 Å². The van der Waals surface area contributed by atoms with E-state index in [1.807, 2.05) is 12.1 Å². The molecule has 0 atom stereocenters. The summed E-state index contributed by atoms with van der Waals surface area (Å²) in [5, 5.41) is 11.9. The predicted molar refractivity (Wildman–Crippen MR) is 85.6 cm³/mol. The van der Waals surface area contributed by atoms with Crippen LogP contribution >= 0.6 is 15.9 Å². The molecule has 1 N–H and O–H groups in total. The maximum Gasteiger partial charge on any atom is 0.137 e. The highest BCUT2D eigenvalue weighted by molar-refractivity contribution is 9.10. The molecule has 0 aromatic heterocycles. The first kappa shape index (κ1) is 17.0. The number of nitriles is 1. The van der Waals surface area contributed by atoms with Gasteiger partial charge >= 0.3 is 0 Å². The third kappa shape index (κ3) is 6.40. The highest BCUT2D eigenvalue weighted by atomic mass is 79.9. The Hall–Kier alpha value is -1.05. The summed E-state index contributed by atoms with van der Waals surface area (Å²) in [5.41, 5.74) is 1.17. The maximum absolute atomic E-state index is 8.51. The SMILES string of the molecule is CC(C)CNCc1cccc(Br)c1OCCCCC#N. The first-order chi connectivity index (χ1) is 9.65. The molecule has 1 aromatic carbocycles. The molecule has 0 amide bonds. The topological polar surface area (TPSA) is 45.0 Å². The second-order valence-electron chi connectivity index (χ2n) is 5.22. The highest BCUT2D eigenvalue weighted by Gasteiger charge is 2.08. The van der Waals surface area contributed by atoms with Crippen LogP contribution in [0.2, 0.25) is 0 Å². The molecule has 0 heterocycles. The number of hydrogen-bond acceptors (Lipinski definition) is 3. The number of rotatable bonds is 9. The van der Waals surface area contributed by atoms with Crippen LogP contribution in [0.4, 0.5) is 0 Å². The number of ether oxygens (including phenoxy) is 1. The standard InChI is InChI=1S/C16H23BrN2O/c1-13(2)11-19-12-14-7-6-8-15(17)16(14)20-10-5-3-4-9-18/h6-8,13,19H,3-5,10-12H2,1-2H3. The van der Waals surface area contributed by atoms with E-state index in [-0.39, 0.29) is 0 Å². The van der Waals surface area contributed by atoms with Crippen molar-refractivity contribution in [3.05, 3.63) is 28.2 Å². The zero-order chi connectivity index (χ0) is 14.8. The minimum atomic E-state index is 0.599. The summed E-state index contributed by atoms with van der Waals surface area (Å²) < 4.78 is 6.86. The number of para-hydroxylation sites is 1. The summed E-state index contributed by atoms with van der Waals surface area (Å²) >= 11 is 3.55. The van der Waals surface area contributed by atoms with Crippen molar-refractivity contribution in [3.63, 3.8) is 0 Å². The predicted octanol–water partition coefficient (Wildman–Crippen LogP) is 4.27. The van der Waals surface area contributed by atoms with E-state index in [2.05, 4.69) is 47.2 Å². The third-order valence-corrected chi connectivity index (χ3v) is 3.47. The lowest BCUT2D eigenvalue weighted by Gasteiger charge is -2.14. The van der Waals surface area contributed by atoms with Gasteiger partial charge in [0.1, 0.15) is 5.75 Å². The molecule has 0 spiro atoms. The Morgan fingerprint density at radius 1 is 1.35 bits per heavy atom. The van der Waals surface area contributed by atoms with Gasteiger partial charge in [0.25, 0.3) is 0 Å². The molecule has 0 aliphatic carbocycles. The molecule has 0 unspecified atom stereocenters. The van der Waals surface area contributed by atoms with Gasteiger partial charge in [-0.2, -0.15) is 5.26 Å². The smallest absolute Gasteiger partial charge is 0.137 e. The van der Waals surface area contributed by atoms with Gasteiger partial charge in [0.2, 0.25) is 0 Å². The van der Waals surface area contributed by atoms with E-state index in [1.165, 1.54) is 5.56 Å². The van der Waals surface area contributed by atoms with Crippen molar-refractivity contribution < 1.29 is 4.74 Å². The number of unbranched alkanes of at least 4 members (excludes halogenated alkanes) is 2. The van der Waals surface area contributed by atoms with Crippen molar-refractivity contribution in [2.45, 2.75) is 39.7 Å². The van der Waals surface area contributed by atoms with Crippen LogP contribution in [-0.4, -0.2) is 13.2 Å². The third-order valence-electron chi connectivity index (χ3n) is 2.85. The molecule has 20 heavy (non-hydrogen) atoms. The minimum Gasteiger partial charge on any atom is -0.492 e. The molecule has 0 aliphatic rings. The van der Waals surface area contributed by atoms with Crippen molar-refractivity contribution in [2.75, 3.05) is 13.2 Å². The quantitative estimate of drug-likeness (QED) is 0.684. The van der Waals surface area contributed by atoms with E-state index >= 15 is 0 Å². The van der Waals surface area contributed by atoms with Gasteiger partial charge in [0.15, 0.2) is 0 Å². The van der Waals surface area contributed by atoms with Crippen LogP contribution in [0.25, 0.3) is 0 Å². The molecule has 0 aliphatic heterocycles. The van der Waals surface area contributed by atoms with Gasteiger partial charge < -0.3 is 10.1 Å². The lowest BCUT2D eigenvalue weighted by molar-refractivity contribution is 0.301. The fourth-order valence-corrected chi connectivity index (χ4v) is 2.35. The lowest BCUT2D eigenvalue weighted by atomic mass is 10.1. The van der Waals surface area contributed by atoms with Crippen molar-refractivity contribution in [1.29, 1.82) is 5.26 Å². The Morgan fingerprint density at radius 2 is 2.15 bits per heavy atom. The largest absolute Gasteiger partial charge is 0.492 e. The fourth-order valence-electron chi connectivity index (χ4n) is 1.83. The molecule has 110 valence electrons. The summed E-state index contributed by atoms with van der Waals surface area (Å²) in [5.74, 6) is 1.55. The molecule has 0 radical (unpaired) electrons. The zero-order valence-electron chi connectivity index (χ0n) is 12.3. The van der Waals surface area contributed by atoms with Crippen molar-refractivity contribution in [2.24, 2.45) is 5.92 Å². The summed E-state index contributed by atoms with van der Waals surface area (Å²) in [4.78, 5) is 0. The number of nitrogens with one attached hydrogen (secondary N) is 1. The number of hydrogen-bond donors (Lipinski definition) is 1. The van der Waals surface area contributed by atoms with E-state index in [1.54, 1.807) is 0 Å². The molecule has 1 rings (SSSR count). The van der Waals surface area contributed by atoms with Gasteiger partial charge in [-0.1, -0.05) is 26.0 Å². The normalized spacial score (nSPS) is 10.6. The van der Waals surface area contributed by atoms with Crippen LogP contribution in [0.5, 0.6) is 5.75 Å². The number of benzene rings is 1. The first-order valence-corrected chi connectivity index (χ1v) is 7.92. The van der Waals surface area contributed by atoms with E-state index in [9.17, 15) is 0 Å². The highest BCUT2D eigenvalue weighted by Crippen LogP contribution is 2.29. The molecular weight excluding hydrogens is 316 g/mol. The number of halogens is 1. The molecule has 4 heteroatoms.